The first-order valence-corrected chi connectivity index (χ1v) is 10.4. The van der Waals surface area contributed by atoms with E-state index in [1.807, 2.05) is 11.3 Å². The van der Waals surface area contributed by atoms with Crippen molar-refractivity contribution in [1.82, 2.24) is 4.98 Å². The molecule has 2 heteroatoms. The molecule has 0 aliphatic heterocycles. The number of allylic oxidation sites excluding steroid dienone is 10. The Morgan fingerprint density at radius 2 is 1.81 bits per heavy atom. The fraction of sp³-hybridized carbons (Fsp3) is 0.292. The molecule has 1 unspecified atom stereocenters. The number of fused-ring (bicyclic) bond motifs is 2. The predicted molar refractivity (Wildman–Crippen MR) is 112 cm³/mol. The fourth-order valence-electron chi connectivity index (χ4n) is 4.25. The van der Waals surface area contributed by atoms with Gasteiger partial charge in [-0.1, -0.05) is 48.1 Å². The van der Waals surface area contributed by atoms with E-state index < -0.39 is 0 Å². The third-order valence-corrected chi connectivity index (χ3v) is 6.97. The zero-order valence-electron chi connectivity index (χ0n) is 15.2. The van der Waals surface area contributed by atoms with Gasteiger partial charge in [0.15, 0.2) is 0 Å². The average molecular weight is 358 g/mol. The molecule has 0 bridgehead atoms. The minimum atomic E-state index is 0.659. The van der Waals surface area contributed by atoms with Crippen molar-refractivity contribution in [3.63, 3.8) is 0 Å². The zero-order valence-corrected chi connectivity index (χ0v) is 16.0. The molecule has 0 radical (unpaired) electrons. The number of hydrogen-bond acceptors (Lipinski definition) is 2. The molecule has 1 atom stereocenters. The summed E-state index contributed by atoms with van der Waals surface area (Å²) in [7, 11) is 0. The second-order valence-electron chi connectivity index (χ2n) is 7.66. The summed E-state index contributed by atoms with van der Waals surface area (Å²) in [6, 6.07) is 8.46. The van der Waals surface area contributed by atoms with Crippen LogP contribution in [0.15, 0.2) is 76.9 Å². The molecular weight excluding hydrogens is 334 g/mol. The Morgan fingerprint density at radius 1 is 0.923 bits per heavy atom. The van der Waals surface area contributed by atoms with E-state index in [1.165, 1.54) is 52.1 Å². The lowest BCUT2D eigenvalue weighted by Crippen LogP contribution is -2.13. The van der Waals surface area contributed by atoms with Crippen LogP contribution < -0.4 is 0 Å². The van der Waals surface area contributed by atoms with Gasteiger partial charge in [0.25, 0.3) is 0 Å². The van der Waals surface area contributed by atoms with Crippen LogP contribution in [-0.4, -0.2) is 4.98 Å². The molecule has 1 aromatic carbocycles. The molecular formula is C24H23NS. The maximum absolute atomic E-state index is 4.86. The number of aromatic nitrogens is 1. The number of rotatable bonds is 2. The van der Waals surface area contributed by atoms with Crippen LogP contribution in [0.4, 0.5) is 0 Å². The van der Waals surface area contributed by atoms with Crippen LogP contribution in [0.2, 0.25) is 0 Å². The molecule has 3 aliphatic rings. The van der Waals surface area contributed by atoms with Gasteiger partial charge in [-0.3, -0.25) is 0 Å². The van der Waals surface area contributed by atoms with Gasteiger partial charge < -0.3 is 0 Å². The molecule has 26 heavy (non-hydrogen) atoms. The maximum atomic E-state index is 4.86. The molecule has 0 saturated carbocycles. The van der Waals surface area contributed by atoms with E-state index in [1.54, 1.807) is 11.1 Å². The molecule has 2 aromatic rings. The number of para-hydroxylation sites is 1. The molecule has 3 aliphatic carbocycles. The number of nitrogens with zero attached hydrogens (tertiary/aromatic N) is 1. The van der Waals surface area contributed by atoms with Gasteiger partial charge in [-0.25, -0.2) is 4.98 Å². The first-order valence-electron chi connectivity index (χ1n) is 9.60. The highest BCUT2D eigenvalue weighted by atomic mass is 32.1. The van der Waals surface area contributed by atoms with Crippen molar-refractivity contribution >= 4 is 27.1 Å². The Balaban J connectivity index is 1.44. The van der Waals surface area contributed by atoms with E-state index in [-0.39, 0.29) is 0 Å². The largest absolute Gasteiger partial charge is 0.236 e. The summed E-state index contributed by atoms with van der Waals surface area (Å²) in [6.45, 7) is 2.23. The van der Waals surface area contributed by atoms with Gasteiger partial charge in [0, 0.05) is 0 Å². The SMILES string of the molecule is CC1=CC=C(C2=CC3=CC=C(c4nc5ccccc5s4)CC3CC2)CC1. The minimum Gasteiger partial charge on any atom is -0.236 e. The third-order valence-electron chi connectivity index (χ3n) is 5.86. The number of thiazole rings is 1. The van der Waals surface area contributed by atoms with E-state index in [2.05, 4.69) is 61.6 Å². The monoisotopic (exact) mass is 357 g/mol. The summed E-state index contributed by atoms with van der Waals surface area (Å²) in [5.74, 6) is 0.659. The zero-order chi connectivity index (χ0) is 17.5. The smallest absolute Gasteiger partial charge is 0.120 e. The van der Waals surface area contributed by atoms with Crippen molar-refractivity contribution in [2.24, 2.45) is 5.92 Å². The highest BCUT2D eigenvalue weighted by Gasteiger charge is 2.25. The lowest BCUT2D eigenvalue weighted by Gasteiger charge is -2.29. The van der Waals surface area contributed by atoms with Crippen LogP contribution >= 0.6 is 11.3 Å². The van der Waals surface area contributed by atoms with Gasteiger partial charge in [0.2, 0.25) is 0 Å². The van der Waals surface area contributed by atoms with Crippen LogP contribution in [0.1, 0.15) is 44.0 Å². The summed E-state index contributed by atoms with van der Waals surface area (Å²) in [6.07, 6.45) is 17.8. The summed E-state index contributed by atoms with van der Waals surface area (Å²) < 4.78 is 1.29. The van der Waals surface area contributed by atoms with Gasteiger partial charge >= 0.3 is 0 Å². The Hall–Kier alpha value is -2.19. The van der Waals surface area contributed by atoms with E-state index in [4.69, 9.17) is 4.98 Å². The minimum absolute atomic E-state index is 0.659. The molecule has 0 spiro atoms. The lowest BCUT2D eigenvalue weighted by molar-refractivity contribution is 0.560. The Morgan fingerprint density at radius 3 is 2.65 bits per heavy atom. The van der Waals surface area contributed by atoms with Crippen molar-refractivity contribution < 1.29 is 0 Å². The van der Waals surface area contributed by atoms with E-state index in [0.29, 0.717) is 5.92 Å². The lowest BCUT2D eigenvalue weighted by atomic mass is 9.76. The first kappa shape index (κ1) is 16.0. The second-order valence-corrected chi connectivity index (χ2v) is 8.69. The highest BCUT2D eigenvalue weighted by Crippen LogP contribution is 2.42. The van der Waals surface area contributed by atoms with Crippen molar-refractivity contribution in [2.45, 2.75) is 39.0 Å². The van der Waals surface area contributed by atoms with Gasteiger partial charge in [-0.15, -0.1) is 11.3 Å². The molecule has 1 nitrogen and oxygen atoms in total. The number of hydrogen-bond donors (Lipinski definition) is 0. The van der Waals surface area contributed by atoms with E-state index >= 15 is 0 Å². The molecule has 130 valence electrons. The van der Waals surface area contributed by atoms with Gasteiger partial charge in [-0.2, -0.15) is 0 Å². The van der Waals surface area contributed by atoms with Gasteiger partial charge in [0.1, 0.15) is 5.01 Å². The van der Waals surface area contributed by atoms with Crippen LogP contribution in [0.25, 0.3) is 15.8 Å². The first-order chi connectivity index (χ1) is 12.8. The van der Waals surface area contributed by atoms with Crippen molar-refractivity contribution in [3.05, 3.63) is 81.9 Å². The molecule has 0 saturated heterocycles. The van der Waals surface area contributed by atoms with Crippen molar-refractivity contribution in [1.29, 1.82) is 0 Å². The van der Waals surface area contributed by atoms with Gasteiger partial charge in [0.05, 0.1) is 10.2 Å². The summed E-state index contributed by atoms with van der Waals surface area (Å²) >= 11 is 1.83. The molecule has 0 amide bonds. The molecule has 0 N–H and O–H groups in total. The molecule has 1 aromatic heterocycles. The van der Waals surface area contributed by atoms with Crippen LogP contribution in [0.3, 0.4) is 0 Å². The van der Waals surface area contributed by atoms with Gasteiger partial charge in [-0.05, 0) is 79.4 Å². The highest BCUT2D eigenvalue weighted by molar-refractivity contribution is 7.19. The van der Waals surface area contributed by atoms with Crippen molar-refractivity contribution in [3.8, 4) is 0 Å². The average Bonchev–Trinajstić information content (AvgIpc) is 3.12. The maximum Gasteiger partial charge on any atom is 0.120 e. The standard InChI is InChI=1S/C24H23NS/c1-16-6-8-17(9-7-16)18-10-11-20-15-21(13-12-19(20)14-18)24-25-22-4-2-3-5-23(22)26-24/h2-6,8,12-14,20H,7,9-11,15H2,1H3. The van der Waals surface area contributed by atoms with E-state index in [0.717, 1.165) is 11.9 Å². The predicted octanol–water partition coefficient (Wildman–Crippen LogP) is 7.01. The van der Waals surface area contributed by atoms with Crippen LogP contribution in [-0.2, 0) is 0 Å². The van der Waals surface area contributed by atoms with Crippen LogP contribution in [0.5, 0.6) is 0 Å². The number of benzene rings is 1. The van der Waals surface area contributed by atoms with Crippen LogP contribution in [0, 0.1) is 5.92 Å². The quantitative estimate of drug-likeness (QED) is 0.563. The molecule has 1 heterocycles. The Kier molecular flexibility index (Phi) is 4.01. The van der Waals surface area contributed by atoms with Crippen molar-refractivity contribution in [2.75, 3.05) is 0 Å². The summed E-state index contributed by atoms with van der Waals surface area (Å²) in [4.78, 5) is 4.86. The summed E-state index contributed by atoms with van der Waals surface area (Å²) in [5, 5.41) is 1.20. The second kappa shape index (κ2) is 6.51. The normalized spacial score (nSPS) is 22.8. The Bertz CT molecular complexity index is 992. The summed E-state index contributed by atoms with van der Waals surface area (Å²) in [5.41, 5.74) is 8.67. The topological polar surface area (TPSA) is 12.9 Å². The fourth-order valence-corrected chi connectivity index (χ4v) is 5.25. The molecule has 0 fully saturated rings. The third kappa shape index (κ3) is 2.93. The van der Waals surface area contributed by atoms with E-state index in [9.17, 15) is 0 Å². The Labute approximate surface area is 159 Å². The molecule has 5 rings (SSSR count).